The van der Waals surface area contributed by atoms with Crippen LogP contribution in [0.4, 0.5) is 11.4 Å². The van der Waals surface area contributed by atoms with Crippen LogP contribution < -0.4 is 14.4 Å². The molecule has 35 heavy (non-hydrogen) atoms. The van der Waals surface area contributed by atoms with Crippen molar-refractivity contribution in [2.24, 2.45) is 0 Å². The molecule has 9 nitrogen and oxygen atoms in total. The van der Waals surface area contributed by atoms with E-state index in [2.05, 4.69) is 5.32 Å². The smallest absolute Gasteiger partial charge is 0.247 e. The molecule has 1 N–H and O–H groups in total. The van der Waals surface area contributed by atoms with Crippen LogP contribution in [0.25, 0.3) is 0 Å². The lowest BCUT2D eigenvalue weighted by molar-refractivity contribution is -0.116. The molecule has 0 aliphatic carbocycles. The average molecular weight is 524 g/mol. The third-order valence-corrected chi connectivity index (χ3v) is 8.97. The van der Waals surface area contributed by atoms with Crippen LogP contribution in [-0.4, -0.2) is 59.0 Å². The van der Waals surface area contributed by atoms with Crippen molar-refractivity contribution < 1.29 is 26.4 Å². The molecular weight excluding hydrogens is 490 g/mol. The van der Waals surface area contributed by atoms with E-state index in [1.807, 2.05) is 6.92 Å². The SMILES string of the molecule is CCOc1ccc(N([C@H](C)C(=O)Nc2ccc(S(=O)(=O)N3CCCCCC3)cc2)S(C)(=O)=O)cc1. The molecule has 0 radical (unpaired) electrons. The maximum Gasteiger partial charge on any atom is 0.247 e. The van der Waals surface area contributed by atoms with Gasteiger partial charge in [-0.15, -0.1) is 0 Å². The van der Waals surface area contributed by atoms with Gasteiger partial charge >= 0.3 is 0 Å². The lowest BCUT2D eigenvalue weighted by atomic mass is 10.2. The number of hydrogen-bond donors (Lipinski definition) is 1. The van der Waals surface area contributed by atoms with Crippen molar-refractivity contribution in [3.8, 4) is 5.75 Å². The minimum atomic E-state index is -3.77. The predicted octanol–water partition coefficient (Wildman–Crippen LogP) is 3.44. The highest BCUT2D eigenvalue weighted by Gasteiger charge is 2.30. The lowest BCUT2D eigenvalue weighted by Gasteiger charge is -2.28. The van der Waals surface area contributed by atoms with Gasteiger partial charge in [0.2, 0.25) is 26.0 Å². The topological polar surface area (TPSA) is 113 Å². The van der Waals surface area contributed by atoms with Crippen molar-refractivity contribution >= 4 is 37.3 Å². The summed E-state index contributed by atoms with van der Waals surface area (Å²) in [6, 6.07) is 11.3. The Kier molecular flexibility index (Phi) is 8.79. The maximum absolute atomic E-state index is 13.0. The number of sulfonamides is 2. The van der Waals surface area contributed by atoms with Crippen molar-refractivity contribution in [3.05, 3.63) is 48.5 Å². The van der Waals surface area contributed by atoms with Crippen LogP contribution in [0.1, 0.15) is 39.5 Å². The van der Waals surface area contributed by atoms with Gasteiger partial charge in [-0.25, -0.2) is 16.8 Å². The van der Waals surface area contributed by atoms with E-state index in [9.17, 15) is 21.6 Å². The van der Waals surface area contributed by atoms with E-state index >= 15 is 0 Å². The van der Waals surface area contributed by atoms with Crippen LogP contribution in [0.5, 0.6) is 5.75 Å². The Labute approximate surface area is 208 Å². The molecule has 1 saturated heterocycles. The van der Waals surface area contributed by atoms with Crippen LogP contribution in [0.3, 0.4) is 0 Å². The molecule has 1 atom stereocenters. The molecule has 1 aliphatic rings. The largest absolute Gasteiger partial charge is 0.494 e. The number of hydrogen-bond acceptors (Lipinski definition) is 6. The molecule has 192 valence electrons. The summed E-state index contributed by atoms with van der Waals surface area (Å²) in [7, 11) is -7.38. The Morgan fingerprint density at radius 3 is 2.06 bits per heavy atom. The van der Waals surface area contributed by atoms with Gasteiger partial charge in [-0.1, -0.05) is 12.8 Å². The molecule has 1 fully saturated rings. The number of ether oxygens (including phenoxy) is 1. The van der Waals surface area contributed by atoms with E-state index in [1.165, 1.54) is 35.5 Å². The van der Waals surface area contributed by atoms with Crippen molar-refractivity contribution in [2.75, 3.05) is 35.6 Å². The van der Waals surface area contributed by atoms with E-state index in [0.717, 1.165) is 36.2 Å². The first-order valence-corrected chi connectivity index (χ1v) is 15.0. The standard InChI is InChI=1S/C24H33N3O6S2/c1-4-33-22-13-11-21(12-14-22)27(34(3,29)30)19(2)24(28)25-20-9-15-23(16-10-20)35(31,32)26-17-7-5-6-8-18-26/h9-16,19H,4-8,17-18H2,1-3H3,(H,25,28)/t19-/m1/s1. The summed E-state index contributed by atoms with van der Waals surface area (Å²) in [6.45, 7) is 4.83. The second kappa shape index (κ2) is 11.4. The summed E-state index contributed by atoms with van der Waals surface area (Å²) in [5.74, 6) is 0.0458. The summed E-state index contributed by atoms with van der Waals surface area (Å²) < 4.78 is 58.9. The summed E-state index contributed by atoms with van der Waals surface area (Å²) in [5, 5.41) is 2.69. The van der Waals surface area contributed by atoms with Crippen molar-refractivity contribution in [2.45, 2.75) is 50.5 Å². The van der Waals surface area contributed by atoms with Gasteiger partial charge < -0.3 is 10.1 Å². The first-order valence-electron chi connectivity index (χ1n) is 11.7. The summed E-state index contributed by atoms with van der Waals surface area (Å²) in [5.41, 5.74) is 0.703. The molecular formula is C24H33N3O6S2. The van der Waals surface area contributed by atoms with Crippen LogP contribution in [0.2, 0.25) is 0 Å². The predicted molar refractivity (Wildman–Crippen MR) is 137 cm³/mol. The molecule has 1 aliphatic heterocycles. The molecule has 1 amide bonds. The normalized spacial score (nSPS) is 16.2. The van der Waals surface area contributed by atoms with Gasteiger partial charge in [-0.05, 0) is 75.2 Å². The minimum absolute atomic E-state index is 0.164. The van der Waals surface area contributed by atoms with Crippen molar-refractivity contribution in [1.82, 2.24) is 4.31 Å². The Hall–Kier alpha value is -2.63. The monoisotopic (exact) mass is 523 g/mol. The highest BCUT2D eigenvalue weighted by molar-refractivity contribution is 7.92. The number of carbonyl (C=O) groups is 1. The van der Waals surface area contributed by atoms with E-state index in [-0.39, 0.29) is 4.90 Å². The fourth-order valence-corrected chi connectivity index (χ4v) is 6.74. The van der Waals surface area contributed by atoms with Gasteiger partial charge in [0.15, 0.2) is 0 Å². The molecule has 0 unspecified atom stereocenters. The van der Waals surface area contributed by atoms with Crippen LogP contribution in [0.15, 0.2) is 53.4 Å². The first-order chi connectivity index (χ1) is 16.5. The molecule has 0 bridgehead atoms. The lowest BCUT2D eigenvalue weighted by Crippen LogP contribution is -2.45. The van der Waals surface area contributed by atoms with Gasteiger partial charge in [0.25, 0.3) is 0 Å². The first kappa shape index (κ1) is 27.0. The Morgan fingerprint density at radius 1 is 0.971 bits per heavy atom. The third kappa shape index (κ3) is 6.74. The van der Waals surface area contributed by atoms with Gasteiger partial charge in [-0.3, -0.25) is 9.10 Å². The Morgan fingerprint density at radius 2 is 1.54 bits per heavy atom. The number of benzene rings is 2. The van der Waals surface area contributed by atoms with Gasteiger partial charge in [-0.2, -0.15) is 4.31 Å². The van der Waals surface area contributed by atoms with E-state index < -0.39 is 32.0 Å². The van der Waals surface area contributed by atoms with Crippen molar-refractivity contribution in [3.63, 3.8) is 0 Å². The minimum Gasteiger partial charge on any atom is -0.494 e. The zero-order chi connectivity index (χ0) is 25.6. The molecule has 0 saturated carbocycles. The third-order valence-electron chi connectivity index (χ3n) is 5.82. The molecule has 3 rings (SSSR count). The van der Waals surface area contributed by atoms with E-state index in [0.29, 0.717) is 36.8 Å². The number of anilines is 2. The molecule has 0 aromatic heterocycles. The zero-order valence-electron chi connectivity index (χ0n) is 20.3. The Bertz CT molecular complexity index is 1200. The van der Waals surface area contributed by atoms with Gasteiger partial charge in [0.05, 0.1) is 23.4 Å². The Balaban J connectivity index is 1.75. The molecule has 2 aromatic rings. The number of amides is 1. The van der Waals surface area contributed by atoms with Crippen LogP contribution >= 0.6 is 0 Å². The number of nitrogens with one attached hydrogen (secondary N) is 1. The number of rotatable bonds is 9. The van der Waals surface area contributed by atoms with Gasteiger partial charge in [0.1, 0.15) is 11.8 Å². The van der Waals surface area contributed by atoms with Crippen molar-refractivity contribution in [1.29, 1.82) is 0 Å². The average Bonchev–Trinajstić information content (AvgIpc) is 3.10. The van der Waals surface area contributed by atoms with E-state index in [1.54, 1.807) is 24.3 Å². The van der Waals surface area contributed by atoms with Crippen LogP contribution in [0, 0.1) is 0 Å². The zero-order valence-corrected chi connectivity index (χ0v) is 21.9. The van der Waals surface area contributed by atoms with Gasteiger partial charge in [0, 0.05) is 18.8 Å². The highest BCUT2D eigenvalue weighted by Crippen LogP contribution is 2.25. The molecule has 11 heteroatoms. The fraction of sp³-hybridized carbons (Fsp3) is 0.458. The number of carbonyl (C=O) groups excluding carboxylic acids is 1. The second-order valence-corrected chi connectivity index (χ2v) is 12.3. The summed E-state index contributed by atoms with van der Waals surface area (Å²) in [6.07, 6.45) is 4.77. The van der Waals surface area contributed by atoms with E-state index in [4.69, 9.17) is 4.74 Å². The highest BCUT2D eigenvalue weighted by atomic mass is 32.2. The summed E-state index contributed by atoms with van der Waals surface area (Å²) in [4.78, 5) is 13.1. The number of nitrogens with zero attached hydrogens (tertiary/aromatic N) is 2. The quantitative estimate of drug-likeness (QED) is 0.539. The van der Waals surface area contributed by atoms with Crippen LogP contribution in [-0.2, 0) is 24.8 Å². The molecule has 2 aromatic carbocycles. The molecule has 1 heterocycles. The maximum atomic E-state index is 13.0. The second-order valence-electron chi connectivity index (χ2n) is 8.49. The summed E-state index contributed by atoms with van der Waals surface area (Å²) >= 11 is 0. The fourth-order valence-electron chi connectivity index (χ4n) is 4.05. The molecule has 0 spiro atoms.